The number of rotatable bonds is 7. The van der Waals surface area contributed by atoms with Crippen molar-refractivity contribution in [2.45, 2.75) is 12.1 Å². The number of nitrogens with two attached hydrogens (primary N) is 4. The molecule has 0 aromatic heterocycles. The molecule has 0 heterocycles. The van der Waals surface area contributed by atoms with Crippen LogP contribution in [-0.2, 0) is 9.59 Å². The predicted octanol–water partition coefficient (Wildman–Crippen LogP) is -2.01. The van der Waals surface area contributed by atoms with E-state index in [1.807, 2.05) is 0 Å². The molecular formula is C6H14N4O2S2. The smallest absolute Gasteiger partial charge is 0.235 e. The highest BCUT2D eigenvalue weighted by molar-refractivity contribution is 8.76. The molecule has 0 aliphatic carbocycles. The van der Waals surface area contributed by atoms with Gasteiger partial charge in [0.05, 0.1) is 12.1 Å². The molecule has 6 nitrogen and oxygen atoms in total. The van der Waals surface area contributed by atoms with Gasteiger partial charge in [-0.15, -0.1) is 0 Å². The molecule has 0 radical (unpaired) electrons. The number of primary amides is 2. The van der Waals surface area contributed by atoms with Gasteiger partial charge in [-0.2, -0.15) is 0 Å². The van der Waals surface area contributed by atoms with Crippen molar-refractivity contribution in [3.05, 3.63) is 0 Å². The maximum atomic E-state index is 10.5. The molecule has 1 unspecified atom stereocenters. The first-order valence-electron chi connectivity index (χ1n) is 3.79. The zero-order valence-corrected chi connectivity index (χ0v) is 9.14. The highest BCUT2D eigenvalue weighted by atomic mass is 33.1. The molecule has 0 bridgehead atoms. The van der Waals surface area contributed by atoms with E-state index in [2.05, 4.69) is 0 Å². The Morgan fingerprint density at radius 2 is 1.21 bits per heavy atom. The van der Waals surface area contributed by atoms with E-state index in [9.17, 15) is 9.59 Å². The third-order valence-corrected chi connectivity index (χ3v) is 3.78. The van der Waals surface area contributed by atoms with Crippen molar-refractivity contribution in [3.63, 3.8) is 0 Å². The molecule has 0 saturated heterocycles. The fourth-order valence-corrected chi connectivity index (χ4v) is 2.68. The van der Waals surface area contributed by atoms with Gasteiger partial charge in [-0.25, -0.2) is 0 Å². The van der Waals surface area contributed by atoms with E-state index in [1.54, 1.807) is 0 Å². The van der Waals surface area contributed by atoms with Crippen molar-refractivity contribution in [1.29, 1.82) is 0 Å². The Morgan fingerprint density at radius 3 is 1.43 bits per heavy atom. The molecule has 0 aliphatic rings. The third kappa shape index (κ3) is 6.08. The predicted molar refractivity (Wildman–Crippen MR) is 59.3 cm³/mol. The molecule has 0 fully saturated rings. The van der Waals surface area contributed by atoms with Gasteiger partial charge in [-0.05, 0) is 0 Å². The molecule has 14 heavy (non-hydrogen) atoms. The molecular weight excluding hydrogens is 224 g/mol. The number of hydrogen-bond donors (Lipinski definition) is 4. The molecule has 0 aliphatic heterocycles. The van der Waals surface area contributed by atoms with E-state index in [0.717, 1.165) is 0 Å². The third-order valence-electron chi connectivity index (χ3n) is 1.31. The van der Waals surface area contributed by atoms with Gasteiger partial charge in [0.25, 0.3) is 0 Å². The monoisotopic (exact) mass is 238 g/mol. The molecule has 0 rings (SSSR count). The first-order valence-corrected chi connectivity index (χ1v) is 6.28. The Labute approximate surface area is 89.9 Å². The zero-order valence-electron chi connectivity index (χ0n) is 7.51. The molecule has 82 valence electrons. The van der Waals surface area contributed by atoms with Crippen LogP contribution in [0.25, 0.3) is 0 Å². The van der Waals surface area contributed by atoms with Gasteiger partial charge in [-0.1, -0.05) is 21.6 Å². The van der Waals surface area contributed by atoms with Crippen LogP contribution in [0.5, 0.6) is 0 Å². The van der Waals surface area contributed by atoms with E-state index < -0.39 is 23.9 Å². The van der Waals surface area contributed by atoms with Gasteiger partial charge in [0.1, 0.15) is 0 Å². The van der Waals surface area contributed by atoms with Crippen molar-refractivity contribution in [2.24, 2.45) is 22.9 Å². The largest absolute Gasteiger partial charge is 0.368 e. The maximum absolute atomic E-state index is 10.5. The lowest BCUT2D eigenvalue weighted by Crippen LogP contribution is -2.39. The van der Waals surface area contributed by atoms with Crippen molar-refractivity contribution in [2.75, 3.05) is 11.5 Å². The van der Waals surface area contributed by atoms with Gasteiger partial charge in [0.2, 0.25) is 11.8 Å². The second kappa shape index (κ2) is 6.93. The van der Waals surface area contributed by atoms with E-state index >= 15 is 0 Å². The summed E-state index contributed by atoms with van der Waals surface area (Å²) < 4.78 is 0. The van der Waals surface area contributed by atoms with Gasteiger partial charge < -0.3 is 22.9 Å². The van der Waals surface area contributed by atoms with Crippen molar-refractivity contribution < 1.29 is 9.59 Å². The lowest BCUT2D eigenvalue weighted by atomic mass is 10.3. The van der Waals surface area contributed by atoms with Gasteiger partial charge in [-0.3, -0.25) is 9.59 Å². The van der Waals surface area contributed by atoms with Crippen LogP contribution in [0, 0.1) is 0 Å². The first kappa shape index (κ1) is 13.6. The van der Waals surface area contributed by atoms with Crippen LogP contribution in [0.15, 0.2) is 0 Å². The van der Waals surface area contributed by atoms with Crippen LogP contribution in [0.2, 0.25) is 0 Å². The summed E-state index contributed by atoms with van der Waals surface area (Å²) in [6, 6.07) is -1.34. The molecule has 0 aromatic rings. The Hall–Kier alpha value is -0.440. The van der Waals surface area contributed by atoms with Gasteiger partial charge >= 0.3 is 0 Å². The normalized spacial score (nSPS) is 14.7. The molecule has 0 saturated carbocycles. The molecule has 8 heteroatoms. The number of carbonyl (C=O) groups is 2. The SMILES string of the molecule is NC(=O)C(N)CSSC[C@@H](N)C(N)=O. The lowest BCUT2D eigenvalue weighted by molar-refractivity contribution is -0.119. The second-order valence-electron chi connectivity index (χ2n) is 2.59. The quantitative estimate of drug-likeness (QED) is 0.299. The molecule has 8 N–H and O–H groups in total. The average Bonchev–Trinajstić information content (AvgIpc) is 2.11. The summed E-state index contributed by atoms with van der Waals surface area (Å²) in [6.45, 7) is 0. The van der Waals surface area contributed by atoms with Crippen LogP contribution in [0.3, 0.4) is 0 Å². The minimum absolute atomic E-state index is 0.394. The summed E-state index contributed by atoms with van der Waals surface area (Å²) in [5.74, 6) is -0.300. The Bertz CT molecular complexity index is 192. The second-order valence-corrected chi connectivity index (χ2v) is 5.14. The summed E-state index contributed by atoms with van der Waals surface area (Å²) in [5.41, 5.74) is 20.6. The minimum atomic E-state index is -0.669. The Morgan fingerprint density at radius 1 is 0.929 bits per heavy atom. The van der Waals surface area contributed by atoms with E-state index in [4.69, 9.17) is 22.9 Å². The number of hydrogen-bond acceptors (Lipinski definition) is 6. The Balaban J connectivity index is 3.47. The van der Waals surface area contributed by atoms with Gasteiger partial charge in [0.15, 0.2) is 0 Å². The Kier molecular flexibility index (Phi) is 6.71. The van der Waals surface area contributed by atoms with Crippen LogP contribution in [0.4, 0.5) is 0 Å². The van der Waals surface area contributed by atoms with Crippen LogP contribution >= 0.6 is 21.6 Å². The summed E-state index contributed by atoms with van der Waals surface area (Å²) >= 11 is 0. The first-order chi connectivity index (χ1) is 6.45. The summed E-state index contributed by atoms with van der Waals surface area (Å²) in [6.07, 6.45) is 0. The fraction of sp³-hybridized carbons (Fsp3) is 0.667. The van der Waals surface area contributed by atoms with Crippen molar-refractivity contribution >= 4 is 33.4 Å². The van der Waals surface area contributed by atoms with Crippen LogP contribution in [-0.4, -0.2) is 35.4 Å². The molecule has 2 atom stereocenters. The average molecular weight is 238 g/mol. The molecule has 2 amide bonds. The van der Waals surface area contributed by atoms with Crippen LogP contribution < -0.4 is 22.9 Å². The standard InChI is InChI=1S/C6H14N4O2S2/c7-3(5(9)11)1-13-14-2-4(8)6(10)12/h3-4H,1-2,7-8H2,(H2,9,11)(H2,10,12)/t3-,4?/m1/s1. The number of carbonyl (C=O) groups excluding carboxylic acids is 2. The fourth-order valence-electron chi connectivity index (χ4n) is 0.407. The van der Waals surface area contributed by atoms with E-state index in [0.29, 0.717) is 11.5 Å². The lowest BCUT2D eigenvalue weighted by Gasteiger charge is -2.08. The number of amides is 2. The summed E-state index contributed by atoms with van der Waals surface area (Å²) in [5, 5.41) is 0. The van der Waals surface area contributed by atoms with E-state index in [-0.39, 0.29) is 0 Å². The van der Waals surface area contributed by atoms with Crippen molar-refractivity contribution in [1.82, 2.24) is 0 Å². The van der Waals surface area contributed by atoms with Gasteiger partial charge in [0, 0.05) is 11.5 Å². The highest BCUT2D eigenvalue weighted by Gasteiger charge is 2.11. The summed E-state index contributed by atoms with van der Waals surface area (Å²) in [7, 11) is 2.68. The zero-order chi connectivity index (χ0) is 11.1. The minimum Gasteiger partial charge on any atom is -0.368 e. The van der Waals surface area contributed by atoms with Crippen LogP contribution in [0.1, 0.15) is 0 Å². The maximum Gasteiger partial charge on any atom is 0.235 e. The molecule has 0 aromatic carbocycles. The van der Waals surface area contributed by atoms with Crippen molar-refractivity contribution in [3.8, 4) is 0 Å². The summed E-state index contributed by atoms with van der Waals surface area (Å²) in [4.78, 5) is 21.0. The van der Waals surface area contributed by atoms with E-state index in [1.165, 1.54) is 21.6 Å². The highest BCUT2D eigenvalue weighted by Crippen LogP contribution is 2.21. The molecule has 0 spiro atoms. The topological polar surface area (TPSA) is 138 Å².